The Morgan fingerprint density at radius 1 is 1.17 bits per heavy atom. The predicted molar refractivity (Wildman–Crippen MR) is 99.6 cm³/mol. The molecule has 2 fully saturated rings. The first kappa shape index (κ1) is 19.5. The van der Waals surface area contributed by atoms with Crippen molar-refractivity contribution < 1.29 is 9.47 Å². The summed E-state index contributed by atoms with van der Waals surface area (Å²) in [5.74, 6) is 1.86. The first-order chi connectivity index (χ1) is 11.8. The molecule has 0 aromatic heterocycles. The molecular formula is C19H37N3O2. The lowest BCUT2D eigenvalue weighted by Gasteiger charge is -2.30. The molecule has 2 rings (SSSR count). The minimum absolute atomic E-state index is 0.391. The Kier molecular flexibility index (Phi) is 9.51. The van der Waals surface area contributed by atoms with E-state index < -0.39 is 0 Å². The summed E-state index contributed by atoms with van der Waals surface area (Å²) in [6, 6.07) is 0.583. The monoisotopic (exact) mass is 339 g/mol. The van der Waals surface area contributed by atoms with E-state index >= 15 is 0 Å². The molecule has 0 radical (unpaired) electrons. The van der Waals surface area contributed by atoms with Crippen LogP contribution in [0.5, 0.6) is 0 Å². The maximum Gasteiger partial charge on any atom is 0.191 e. The molecule has 5 heteroatoms. The number of nitrogens with zero attached hydrogens (tertiary/aromatic N) is 1. The van der Waals surface area contributed by atoms with Crippen molar-refractivity contribution in [3.05, 3.63) is 0 Å². The van der Waals surface area contributed by atoms with Gasteiger partial charge in [0.1, 0.15) is 0 Å². The Labute approximate surface area is 148 Å². The highest BCUT2D eigenvalue weighted by atomic mass is 16.5. The van der Waals surface area contributed by atoms with E-state index in [1.54, 1.807) is 0 Å². The van der Waals surface area contributed by atoms with E-state index in [2.05, 4.69) is 24.5 Å². The first-order valence-corrected chi connectivity index (χ1v) is 10.1. The van der Waals surface area contributed by atoms with Gasteiger partial charge in [-0.3, -0.25) is 4.99 Å². The molecule has 2 unspecified atom stereocenters. The molecule has 2 atom stereocenters. The topological polar surface area (TPSA) is 54.9 Å². The van der Waals surface area contributed by atoms with E-state index in [4.69, 9.17) is 14.5 Å². The second kappa shape index (κ2) is 11.7. The lowest BCUT2D eigenvalue weighted by Crippen LogP contribution is -2.45. The van der Waals surface area contributed by atoms with Gasteiger partial charge in [0, 0.05) is 39.0 Å². The summed E-state index contributed by atoms with van der Waals surface area (Å²) in [4.78, 5) is 4.73. The van der Waals surface area contributed by atoms with E-state index in [-0.39, 0.29) is 0 Å². The Balaban J connectivity index is 1.65. The zero-order chi connectivity index (χ0) is 17.0. The number of hydrogen-bond donors (Lipinski definition) is 2. The van der Waals surface area contributed by atoms with Crippen LogP contribution < -0.4 is 10.6 Å². The average Bonchev–Trinajstić information content (AvgIpc) is 2.62. The van der Waals surface area contributed by atoms with Gasteiger partial charge in [-0.2, -0.15) is 0 Å². The smallest absolute Gasteiger partial charge is 0.191 e. The highest BCUT2D eigenvalue weighted by Crippen LogP contribution is 2.26. The van der Waals surface area contributed by atoms with E-state index in [0.717, 1.165) is 64.1 Å². The fourth-order valence-electron chi connectivity index (χ4n) is 3.65. The highest BCUT2D eigenvalue weighted by molar-refractivity contribution is 5.80. The van der Waals surface area contributed by atoms with Gasteiger partial charge in [0.05, 0.1) is 6.10 Å². The lowest BCUT2D eigenvalue weighted by molar-refractivity contribution is -0.0318. The van der Waals surface area contributed by atoms with Crippen LogP contribution in [-0.4, -0.2) is 51.0 Å². The molecule has 0 spiro atoms. The normalized spacial score (nSPS) is 26.3. The highest BCUT2D eigenvalue weighted by Gasteiger charge is 2.21. The van der Waals surface area contributed by atoms with Crippen LogP contribution in [0.1, 0.15) is 65.2 Å². The number of nitrogens with one attached hydrogen (secondary N) is 2. The third-order valence-electron chi connectivity index (χ3n) is 5.14. The minimum Gasteiger partial charge on any atom is -0.381 e. The molecule has 0 bridgehead atoms. The second-order valence-corrected chi connectivity index (χ2v) is 7.08. The van der Waals surface area contributed by atoms with Crippen LogP contribution in [0.3, 0.4) is 0 Å². The third-order valence-corrected chi connectivity index (χ3v) is 5.14. The largest absolute Gasteiger partial charge is 0.381 e. The van der Waals surface area contributed by atoms with Gasteiger partial charge in [-0.1, -0.05) is 26.2 Å². The summed E-state index contributed by atoms with van der Waals surface area (Å²) in [5, 5.41) is 7.03. The van der Waals surface area contributed by atoms with E-state index in [0.29, 0.717) is 12.1 Å². The molecule has 2 aliphatic rings. The van der Waals surface area contributed by atoms with Crippen LogP contribution >= 0.6 is 0 Å². The van der Waals surface area contributed by atoms with Gasteiger partial charge >= 0.3 is 0 Å². The van der Waals surface area contributed by atoms with Gasteiger partial charge in [-0.15, -0.1) is 0 Å². The molecule has 0 aromatic rings. The van der Waals surface area contributed by atoms with Crippen LogP contribution in [0.15, 0.2) is 4.99 Å². The minimum atomic E-state index is 0.391. The van der Waals surface area contributed by atoms with Gasteiger partial charge < -0.3 is 20.1 Å². The Bertz CT molecular complexity index is 357. The zero-order valence-corrected chi connectivity index (χ0v) is 15.7. The number of guanidine groups is 1. The molecule has 1 aliphatic carbocycles. The molecule has 24 heavy (non-hydrogen) atoms. The van der Waals surface area contributed by atoms with Crippen molar-refractivity contribution in [1.82, 2.24) is 10.6 Å². The maximum atomic E-state index is 5.91. The van der Waals surface area contributed by atoms with Crippen molar-refractivity contribution in [2.45, 2.75) is 77.4 Å². The van der Waals surface area contributed by atoms with Crippen molar-refractivity contribution in [2.75, 3.05) is 32.9 Å². The number of hydrogen-bond acceptors (Lipinski definition) is 3. The molecular weight excluding hydrogens is 302 g/mol. The van der Waals surface area contributed by atoms with Crippen LogP contribution in [0.25, 0.3) is 0 Å². The van der Waals surface area contributed by atoms with Crippen LogP contribution in [0, 0.1) is 5.92 Å². The van der Waals surface area contributed by atoms with Crippen molar-refractivity contribution in [3.63, 3.8) is 0 Å². The molecule has 1 saturated heterocycles. The summed E-state index contributed by atoms with van der Waals surface area (Å²) >= 11 is 0. The van der Waals surface area contributed by atoms with E-state index in [9.17, 15) is 0 Å². The molecule has 2 N–H and O–H groups in total. The second-order valence-electron chi connectivity index (χ2n) is 7.08. The average molecular weight is 340 g/mol. The van der Waals surface area contributed by atoms with Gasteiger partial charge in [-0.05, 0) is 44.9 Å². The summed E-state index contributed by atoms with van der Waals surface area (Å²) in [6.45, 7) is 8.66. The number of rotatable bonds is 8. The van der Waals surface area contributed by atoms with Gasteiger partial charge in [0.2, 0.25) is 0 Å². The van der Waals surface area contributed by atoms with Crippen molar-refractivity contribution in [1.29, 1.82) is 0 Å². The first-order valence-electron chi connectivity index (χ1n) is 10.1. The van der Waals surface area contributed by atoms with Gasteiger partial charge in [-0.25, -0.2) is 0 Å². The fourth-order valence-corrected chi connectivity index (χ4v) is 3.65. The number of aliphatic imine (C=N–C) groups is 1. The molecule has 5 nitrogen and oxygen atoms in total. The Morgan fingerprint density at radius 3 is 2.75 bits per heavy atom. The van der Waals surface area contributed by atoms with Crippen LogP contribution in [0.4, 0.5) is 0 Å². The fraction of sp³-hybridized carbons (Fsp3) is 0.947. The lowest BCUT2D eigenvalue weighted by atomic mass is 9.84. The molecule has 140 valence electrons. The Morgan fingerprint density at radius 2 is 2.00 bits per heavy atom. The SMILES string of the molecule is CCNC(=NCCCOC1CCOCC1)NC1CCCC(CC)C1. The molecule has 1 heterocycles. The summed E-state index contributed by atoms with van der Waals surface area (Å²) in [7, 11) is 0. The maximum absolute atomic E-state index is 5.91. The van der Waals surface area contributed by atoms with E-state index in [1.165, 1.54) is 32.1 Å². The predicted octanol–water partition coefficient (Wildman–Crippen LogP) is 3.10. The standard InChI is InChI=1S/C19H37N3O2/c1-3-16-7-5-8-17(15-16)22-19(20-4-2)21-11-6-12-24-18-9-13-23-14-10-18/h16-18H,3-15H2,1-2H3,(H2,20,21,22). The third kappa shape index (κ3) is 7.39. The Hall–Kier alpha value is -0.810. The molecule has 0 amide bonds. The summed E-state index contributed by atoms with van der Waals surface area (Å²) < 4.78 is 11.3. The van der Waals surface area contributed by atoms with Crippen molar-refractivity contribution in [3.8, 4) is 0 Å². The molecule has 0 aromatic carbocycles. The van der Waals surface area contributed by atoms with Gasteiger partial charge in [0.15, 0.2) is 5.96 Å². The van der Waals surface area contributed by atoms with E-state index in [1.807, 2.05) is 0 Å². The zero-order valence-electron chi connectivity index (χ0n) is 15.7. The van der Waals surface area contributed by atoms with Crippen molar-refractivity contribution >= 4 is 5.96 Å². The number of ether oxygens (including phenoxy) is 2. The van der Waals surface area contributed by atoms with Crippen LogP contribution in [0.2, 0.25) is 0 Å². The quantitative estimate of drug-likeness (QED) is 0.405. The molecule has 1 saturated carbocycles. The molecule has 1 aliphatic heterocycles. The summed E-state index contributed by atoms with van der Waals surface area (Å²) in [5.41, 5.74) is 0. The van der Waals surface area contributed by atoms with Crippen molar-refractivity contribution in [2.24, 2.45) is 10.9 Å². The summed E-state index contributed by atoms with van der Waals surface area (Å²) in [6.07, 6.45) is 10.0. The van der Waals surface area contributed by atoms with Crippen LogP contribution in [-0.2, 0) is 9.47 Å². The van der Waals surface area contributed by atoms with Gasteiger partial charge in [0.25, 0.3) is 0 Å².